The Hall–Kier alpha value is -2.07. The van der Waals surface area contributed by atoms with E-state index in [1.165, 1.54) is 18.9 Å². The summed E-state index contributed by atoms with van der Waals surface area (Å²) in [5, 5.41) is 3.41. The zero-order valence-electron chi connectivity index (χ0n) is 12.5. The number of rotatable bonds is 7. The van der Waals surface area contributed by atoms with E-state index >= 15 is 0 Å². The predicted molar refractivity (Wildman–Crippen MR) is 81.1 cm³/mol. The van der Waals surface area contributed by atoms with Gasteiger partial charge < -0.3 is 14.5 Å². The van der Waals surface area contributed by atoms with E-state index in [-0.39, 0.29) is 5.76 Å². The Bertz CT molecular complexity index is 562. The molecular weight excluding hydrogens is 266 g/mol. The molecule has 112 valence electrons. The van der Waals surface area contributed by atoms with Crippen molar-refractivity contribution in [2.45, 2.75) is 32.4 Å². The monoisotopic (exact) mass is 287 g/mol. The Morgan fingerprint density at radius 1 is 1.29 bits per heavy atom. The molecule has 0 aliphatic heterocycles. The van der Waals surface area contributed by atoms with E-state index in [2.05, 4.69) is 41.2 Å². The zero-order chi connectivity index (χ0) is 15.1. The van der Waals surface area contributed by atoms with Crippen LogP contribution in [0.5, 0.6) is 0 Å². The number of benzene rings is 1. The average molecular weight is 287 g/mol. The highest BCUT2D eigenvalue weighted by Crippen LogP contribution is 2.12. The van der Waals surface area contributed by atoms with Crippen LogP contribution in [0.3, 0.4) is 0 Å². The summed E-state index contributed by atoms with van der Waals surface area (Å²) in [7, 11) is 1.35. The molecule has 0 radical (unpaired) electrons. The maximum absolute atomic E-state index is 11.5. The minimum atomic E-state index is -0.436. The lowest BCUT2D eigenvalue weighted by molar-refractivity contribution is 0.0563. The van der Waals surface area contributed by atoms with E-state index in [0.717, 1.165) is 18.4 Å². The molecule has 1 atom stereocenters. The van der Waals surface area contributed by atoms with Gasteiger partial charge in [0.15, 0.2) is 0 Å². The summed E-state index contributed by atoms with van der Waals surface area (Å²) in [4.78, 5) is 11.5. The van der Waals surface area contributed by atoms with Crippen LogP contribution < -0.4 is 5.32 Å². The van der Waals surface area contributed by atoms with Crippen LogP contribution in [0.1, 0.15) is 35.0 Å². The van der Waals surface area contributed by atoms with Gasteiger partial charge in [-0.15, -0.1) is 0 Å². The van der Waals surface area contributed by atoms with Gasteiger partial charge in [-0.05, 0) is 31.4 Å². The van der Waals surface area contributed by atoms with E-state index in [9.17, 15) is 4.79 Å². The van der Waals surface area contributed by atoms with Crippen molar-refractivity contribution in [2.75, 3.05) is 7.11 Å². The van der Waals surface area contributed by atoms with Crippen LogP contribution in [0.4, 0.5) is 0 Å². The molecule has 1 aromatic carbocycles. The summed E-state index contributed by atoms with van der Waals surface area (Å²) < 4.78 is 9.85. The summed E-state index contributed by atoms with van der Waals surface area (Å²) in [5.41, 5.74) is 2.16. The fourth-order valence-electron chi connectivity index (χ4n) is 2.16. The molecule has 0 aliphatic rings. The number of carbonyl (C=O) groups is 1. The van der Waals surface area contributed by atoms with Gasteiger partial charge in [0, 0.05) is 18.2 Å². The van der Waals surface area contributed by atoms with Crippen molar-refractivity contribution in [3.8, 4) is 0 Å². The molecule has 1 N–H and O–H groups in total. The Balaban J connectivity index is 1.80. The van der Waals surface area contributed by atoms with Crippen molar-refractivity contribution in [1.82, 2.24) is 5.32 Å². The molecule has 1 unspecified atom stereocenters. The topological polar surface area (TPSA) is 51.5 Å². The number of furan rings is 1. The summed E-state index contributed by atoms with van der Waals surface area (Å²) in [6, 6.07) is 12.6. The fraction of sp³-hybridized carbons (Fsp3) is 0.353. The highest BCUT2D eigenvalue weighted by atomic mass is 16.5. The third kappa shape index (κ3) is 4.46. The minimum Gasteiger partial charge on any atom is -0.463 e. The third-order valence-corrected chi connectivity index (χ3v) is 3.47. The first-order valence-electron chi connectivity index (χ1n) is 7.12. The van der Waals surface area contributed by atoms with Crippen LogP contribution in [0.2, 0.25) is 0 Å². The molecule has 0 saturated heterocycles. The van der Waals surface area contributed by atoms with Crippen molar-refractivity contribution in [3.05, 3.63) is 59.5 Å². The lowest BCUT2D eigenvalue weighted by Gasteiger charge is -2.13. The number of carbonyl (C=O) groups excluding carboxylic acids is 1. The molecule has 0 spiro atoms. The molecule has 4 heteroatoms. The summed E-state index contributed by atoms with van der Waals surface area (Å²) in [5.74, 6) is -0.158. The second kappa shape index (κ2) is 7.64. The van der Waals surface area contributed by atoms with Crippen molar-refractivity contribution in [3.63, 3.8) is 0 Å². The molecule has 1 aromatic heterocycles. The van der Waals surface area contributed by atoms with Gasteiger partial charge in [0.25, 0.3) is 0 Å². The van der Waals surface area contributed by atoms with Crippen molar-refractivity contribution < 1.29 is 13.9 Å². The Morgan fingerprint density at radius 2 is 2.05 bits per heavy atom. The molecule has 2 rings (SSSR count). The number of nitrogens with one attached hydrogen (secondary N) is 1. The van der Waals surface area contributed by atoms with E-state index in [0.29, 0.717) is 12.6 Å². The largest absolute Gasteiger partial charge is 0.463 e. The van der Waals surface area contributed by atoms with E-state index in [1.54, 1.807) is 6.07 Å². The number of aryl methyl sites for hydroxylation is 1. The van der Waals surface area contributed by atoms with Crippen LogP contribution in [-0.4, -0.2) is 19.1 Å². The third-order valence-electron chi connectivity index (χ3n) is 3.47. The Kier molecular flexibility index (Phi) is 5.58. The number of hydrogen-bond donors (Lipinski definition) is 1. The van der Waals surface area contributed by atoms with E-state index in [4.69, 9.17) is 4.42 Å². The van der Waals surface area contributed by atoms with E-state index in [1.807, 2.05) is 6.07 Å². The van der Waals surface area contributed by atoms with Gasteiger partial charge in [-0.3, -0.25) is 0 Å². The van der Waals surface area contributed by atoms with Crippen LogP contribution in [0.25, 0.3) is 0 Å². The van der Waals surface area contributed by atoms with Crippen LogP contribution in [-0.2, 0) is 17.7 Å². The normalized spacial score (nSPS) is 12.1. The summed E-state index contributed by atoms with van der Waals surface area (Å²) in [6.45, 7) is 2.73. The summed E-state index contributed by atoms with van der Waals surface area (Å²) >= 11 is 0. The molecule has 21 heavy (non-hydrogen) atoms. The highest BCUT2D eigenvalue weighted by molar-refractivity contribution is 5.87. The highest BCUT2D eigenvalue weighted by Gasteiger charge is 2.15. The van der Waals surface area contributed by atoms with Crippen LogP contribution >= 0.6 is 0 Å². The van der Waals surface area contributed by atoms with Gasteiger partial charge in [0.1, 0.15) is 0 Å². The SMILES string of the molecule is COC(=O)c1occc1CNC(C)CCc1ccccc1. The molecule has 0 bridgehead atoms. The number of methoxy groups -OCH3 is 1. The van der Waals surface area contributed by atoms with Crippen LogP contribution in [0.15, 0.2) is 47.1 Å². The molecule has 0 amide bonds. The maximum atomic E-state index is 11.5. The van der Waals surface area contributed by atoms with Gasteiger partial charge >= 0.3 is 5.97 Å². The smallest absolute Gasteiger partial charge is 0.374 e. The fourth-order valence-corrected chi connectivity index (χ4v) is 2.16. The standard InChI is InChI=1S/C17H21NO3/c1-13(8-9-14-6-4-3-5-7-14)18-12-15-10-11-21-16(15)17(19)20-2/h3-7,10-11,13,18H,8-9,12H2,1-2H3. The van der Waals surface area contributed by atoms with Gasteiger partial charge in [-0.1, -0.05) is 30.3 Å². The molecule has 0 fully saturated rings. The molecule has 4 nitrogen and oxygen atoms in total. The quantitative estimate of drug-likeness (QED) is 0.795. The van der Waals surface area contributed by atoms with Gasteiger partial charge in [0.05, 0.1) is 13.4 Å². The first kappa shape index (κ1) is 15.3. The Morgan fingerprint density at radius 3 is 2.76 bits per heavy atom. The molecule has 1 heterocycles. The second-order valence-electron chi connectivity index (χ2n) is 5.07. The predicted octanol–water partition coefficient (Wildman–Crippen LogP) is 3.18. The number of ether oxygens (including phenoxy) is 1. The van der Waals surface area contributed by atoms with Gasteiger partial charge in [-0.25, -0.2) is 4.79 Å². The summed E-state index contributed by atoms with van der Waals surface area (Å²) in [6.07, 6.45) is 3.58. The van der Waals surface area contributed by atoms with Crippen molar-refractivity contribution in [1.29, 1.82) is 0 Å². The first-order valence-corrected chi connectivity index (χ1v) is 7.12. The van der Waals surface area contributed by atoms with Gasteiger partial charge in [-0.2, -0.15) is 0 Å². The molecule has 0 aliphatic carbocycles. The van der Waals surface area contributed by atoms with Crippen molar-refractivity contribution in [2.24, 2.45) is 0 Å². The zero-order valence-corrected chi connectivity index (χ0v) is 12.5. The number of esters is 1. The lowest BCUT2D eigenvalue weighted by atomic mass is 10.1. The molecule has 0 saturated carbocycles. The molecule has 2 aromatic rings. The first-order chi connectivity index (χ1) is 10.2. The maximum Gasteiger partial charge on any atom is 0.374 e. The molecular formula is C17H21NO3. The van der Waals surface area contributed by atoms with Crippen molar-refractivity contribution >= 4 is 5.97 Å². The average Bonchev–Trinajstić information content (AvgIpc) is 2.99. The minimum absolute atomic E-state index is 0.278. The lowest BCUT2D eigenvalue weighted by Crippen LogP contribution is -2.26. The Labute approximate surface area is 125 Å². The van der Waals surface area contributed by atoms with Gasteiger partial charge in [0.2, 0.25) is 5.76 Å². The van der Waals surface area contributed by atoms with E-state index < -0.39 is 5.97 Å². The van der Waals surface area contributed by atoms with Crippen LogP contribution in [0, 0.1) is 0 Å². The number of hydrogen-bond acceptors (Lipinski definition) is 4. The second-order valence-corrected chi connectivity index (χ2v) is 5.07.